The maximum atomic E-state index is 10.1. The topological polar surface area (TPSA) is 69.6 Å². The molecule has 0 aliphatic carbocycles. The van der Waals surface area contributed by atoms with Crippen LogP contribution in [0.1, 0.15) is 18.9 Å². The van der Waals surface area contributed by atoms with Crippen molar-refractivity contribution in [3.63, 3.8) is 0 Å². The molecular formula is C24H34N4O3. The monoisotopic (exact) mass is 426 g/mol. The number of phenolic OH excluding ortho intramolecular Hbond substituents is 1. The predicted octanol–water partition coefficient (Wildman–Crippen LogP) is 3.13. The van der Waals surface area contributed by atoms with Gasteiger partial charge in [-0.2, -0.15) is 0 Å². The van der Waals surface area contributed by atoms with E-state index in [-0.39, 0.29) is 0 Å². The van der Waals surface area contributed by atoms with Gasteiger partial charge in [0.05, 0.1) is 19.4 Å². The molecule has 2 aromatic rings. The van der Waals surface area contributed by atoms with Gasteiger partial charge in [0.2, 0.25) is 0 Å². The molecule has 2 aromatic carbocycles. The van der Waals surface area contributed by atoms with Crippen LogP contribution in [0.25, 0.3) is 0 Å². The number of aliphatic imine (C=N–C) groups is 1. The molecule has 0 radical (unpaired) electrons. The molecule has 1 aliphatic heterocycles. The van der Waals surface area contributed by atoms with E-state index in [1.54, 1.807) is 13.2 Å². The molecule has 0 amide bonds. The third-order valence-electron chi connectivity index (χ3n) is 5.47. The first-order valence-corrected chi connectivity index (χ1v) is 10.9. The number of guanidine groups is 1. The fourth-order valence-corrected chi connectivity index (χ4v) is 3.86. The number of hydrogen-bond acceptors (Lipinski definition) is 5. The number of ether oxygens (including phenoxy) is 2. The Morgan fingerprint density at radius 3 is 2.55 bits per heavy atom. The molecule has 1 fully saturated rings. The van der Waals surface area contributed by atoms with Crippen LogP contribution in [0.3, 0.4) is 0 Å². The standard InChI is InChI=1S/C24H34N4O3/c1-4-31-23-18-19(11-12-22(23)30-3)8-7-13-26-24(25-2)28-16-14-27(15-17-28)20-9-5-6-10-21(20)29/h5-6,9-12,18,29H,4,7-8,13-17H2,1-3H3,(H,25,26). The lowest BCUT2D eigenvalue weighted by atomic mass is 10.1. The van der Waals surface area contributed by atoms with Gasteiger partial charge in [0.15, 0.2) is 17.5 Å². The van der Waals surface area contributed by atoms with Crippen molar-refractivity contribution in [1.82, 2.24) is 10.2 Å². The molecule has 0 saturated carbocycles. The lowest BCUT2D eigenvalue weighted by molar-refractivity contribution is 0.310. The average molecular weight is 427 g/mol. The number of piperazine rings is 1. The van der Waals surface area contributed by atoms with E-state index in [1.165, 1.54) is 5.56 Å². The number of benzene rings is 2. The van der Waals surface area contributed by atoms with Gasteiger partial charge in [-0.25, -0.2) is 0 Å². The molecule has 0 unspecified atom stereocenters. The minimum Gasteiger partial charge on any atom is -0.506 e. The molecule has 3 rings (SSSR count). The minimum atomic E-state index is 0.337. The van der Waals surface area contributed by atoms with E-state index in [1.807, 2.05) is 38.2 Å². The van der Waals surface area contributed by atoms with E-state index >= 15 is 0 Å². The van der Waals surface area contributed by atoms with Crippen molar-refractivity contribution in [2.45, 2.75) is 19.8 Å². The van der Waals surface area contributed by atoms with Crippen LogP contribution < -0.4 is 19.7 Å². The van der Waals surface area contributed by atoms with Gasteiger partial charge in [-0.05, 0) is 49.6 Å². The van der Waals surface area contributed by atoms with Crippen LogP contribution in [0.15, 0.2) is 47.5 Å². The molecule has 31 heavy (non-hydrogen) atoms. The maximum absolute atomic E-state index is 10.1. The second-order valence-electron chi connectivity index (χ2n) is 7.46. The molecule has 7 heteroatoms. The van der Waals surface area contributed by atoms with Gasteiger partial charge in [0.25, 0.3) is 0 Å². The smallest absolute Gasteiger partial charge is 0.193 e. The third kappa shape index (κ3) is 5.96. The van der Waals surface area contributed by atoms with Crippen molar-refractivity contribution in [3.8, 4) is 17.2 Å². The maximum Gasteiger partial charge on any atom is 0.193 e. The first-order valence-electron chi connectivity index (χ1n) is 10.9. The van der Waals surface area contributed by atoms with Crippen molar-refractivity contribution >= 4 is 11.6 Å². The first kappa shape index (κ1) is 22.6. The van der Waals surface area contributed by atoms with Gasteiger partial charge in [0.1, 0.15) is 5.75 Å². The van der Waals surface area contributed by atoms with Gasteiger partial charge >= 0.3 is 0 Å². The molecule has 0 bridgehead atoms. The summed E-state index contributed by atoms with van der Waals surface area (Å²) >= 11 is 0. The fraction of sp³-hybridized carbons (Fsp3) is 0.458. The minimum absolute atomic E-state index is 0.337. The van der Waals surface area contributed by atoms with Crippen molar-refractivity contribution < 1.29 is 14.6 Å². The third-order valence-corrected chi connectivity index (χ3v) is 5.47. The highest BCUT2D eigenvalue weighted by atomic mass is 16.5. The highest BCUT2D eigenvalue weighted by Gasteiger charge is 2.21. The zero-order valence-corrected chi connectivity index (χ0v) is 18.8. The number of phenols is 1. The second-order valence-corrected chi connectivity index (χ2v) is 7.46. The highest BCUT2D eigenvalue weighted by molar-refractivity contribution is 5.80. The number of anilines is 1. The number of nitrogens with zero attached hydrogens (tertiary/aromatic N) is 3. The summed E-state index contributed by atoms with van der Waals surface area (Å²) in [6.45, 7) is 6.88. The van der Waals surface area contributed by atoms with Crippen LogP contribution in [-0.4, -0.2) is 69.5 Å². The van der Waals surface area contributed by atoms with Crippen LogP contribution in [0.4, 0.5) is 5.69 Å². The van der Waals surface area contributed by atoms with E-state index in [2.05, 4.69) is 32.2 Å². The number of methoxy groups -OCH3 is 1. The quantitative estimate of drug-likeness (QED) is 0.384. The molecule has 168 valence electrons. The number of nitrogens with one attached hydrogen (secondary N) is 1. The van der Waals surface area contributed by atoms with Gasteiger partial charge in [0, 0.05) is 39.8 Å². The summed E-state index contributed by atoms with van der Waals surface area (Å²) in [6.07, 6.45) is 1.95. The van der Waals surface area contributed by atoms with Gasteiger partial charge in [-0.1, -0.05) is 18.2 Å². The predicted molar refractivity (Wildman–Crippen MR) is 126 cm³/mol. The Labute approximate surface area is 185 Å². The molecule has 0 atom stereocenters. The normalized spacial score (nSPS) is 14.5. The van der Waals surface area contributed by atoms with Crippen LogP contribution in [-0.2, 0) is 6.42 Å². The van der Waals surface area contributed by atoms with E-state index < -0.39 is 0 Å². The number of rotatable bonds is 8. The fourth-order valence-electron chi connectivity index (χ4n) is 3.86. The first-order chi connectivity index (χ1) is 15.2. The van der Waals surface area contributed by atoms with Crippen molar-refractivity contribution in [2.75, 3.05) is 58.4 Å². The Hall–Kier alpha value is -3.09. The second kappa shape index (κ2) is 11.3. The lowest BCUT2D eigenvalue weighted by Gasteiger charge is -2.37. The molecule has 1 heterocycles. The summed E-state index contributed by atoms with van der Waals surface area (Å²) in [4.78, 5) is 8.96. The van der Waals surface area contributed by atoms with Gasteiger partial charge in [-0.3, -0.25) is 4.99 Å². The largest absolute Gasteiger partial charge is 0.506 e. The zero-order valence-electron chi connectivity index (χ0n) is 18.8. The number of aryl methyl sites for hydroxylation is 1. The number of hydrogen-bond donors (Lipinski definition) is 2. The van der Waals surface area contributed by atoms with E-state index in [9.17, 15) is 5.11 Å². The molecule has 1 aliphatic rings. The Bertz CT molecular complexity index is 864. The van der Waals surface area contributed by atoms with Crippen LogP contribution in [0, 0.1) is 0 Å². The summed E-state index contributed by atoms with van der Waals surface area (Å²) in [5.41, 5.74) is 2.13. The number of aromatic hydroxyl groups is 1. The van der Waals surface area contributed by atoms with Crippen molar-refractivity contribution in [1.29, 1.82) is 0 Å². The Morgan fingerprint density at radius 1 is 1.10 bits per heavy atom. The SMILES string of the molecule is CCOc1cc(CCCNC(=NC)N2CCN(c3ccccc3O)CC2)ccc1OC. The van der Waals surface area contributed by atoms with Crippen molar-refractivity contribution in [2.24, 2.45) is 4.99 Å². The zero-order chi connectivity index (χ0) is 22.1. The number of para-hydroxylation sites is 2. The van der Waals surface area contributed by atoms with Crippen molar-refractivity contribution in [3.05, 3.63) is 48.0 Å². The molecule has 7 nitrogen and oxygen atoms in total. The average Bonchev–Trinajstić information content (AvgIpc) is 2.80. The summed E-state index contributed by atoms with van der Waals surface area (Å²) in [5.74, 6) is 2.84. The summed E-state index contributed by atoms with van der Waals surface area (Å²) < 4.78 is 11.0. The van der Waals surface area contributed by atoms with E-state index in [0.717, 1.165) is 68.7 Å². The summed E-state index contributed by atoms with van der Waals surface area (Å²) in [5, 5.41) is 13.6. The Balaban J connectivity index is 1.45. The molecule has 0 aromatic heterocycles. The van der Waals surface area contributed by atoms with Crippen LogP contribution >= 0.6 is 0 Å². The Kier molecular flexibility index (Phi) is 8.27. The van der Waals surface area contributed by atoms with Crippen LogP contribution in [0.5, 0.6) is 17.2 Å². The summed E-state index contributed by atoms with van der Waals surface area (Å²) in [6, 6.07) is 13.6. The van der Waals surface area contributed by atoms with E-state index in [4.69, 9.17) is 9.47 Å². The Morgan fingerprint density at radius 2 is 1.87 bits per heavy atom. The molecule has 1 saturated heterocycles. The summed E-state index contributed by atoms with van der Waals surface area (Å²) in [7, 11) is 3.49. The molecule has 0 spiro atoms. The molecule has 2 N–H and O–H groups in total. The molecular weight excluding hydrogens is 392 g/mol. The highest BCUT2D eigenvalue weighted by Crippen LogP contribution is 2.29. The lowest BCUT2D eigenvalue weighted by Crippen LogP contribution is -2.52. The van der Waals surface area contributed by atoms with Gasteiger partial charge in [-0.15, -0.1) is 0 Å². The van der Waals surface area contributed by atoms with Gasteiger partial charge < -0.3 is 29.7 Å². The van der Waals surface area contributed by atoms with E-state index in [0.29, 0.717) is 12.4 Å². The van der Waals surface area contributed by atoms with Crippen LogP contribution in [0.2, 0.25) is 0 Å².